The van der Waals surface area contributed by atoms with Crippen molar-refractivity contribution in [1.82, 2.24) is 0 Å². The SMILES string of the molecule is CCN(CC(=O)OC)c1c(C)cccc1C(N)=S. The zero-order chi connectivity index (χ0) is 13.7. The first-order chi connectivity index (χ1) is 8.51. The number of hydrogen-bond donors (Lipinski definition) is 1. The maximum absolute atomic E-state index is 11.4. The summed E-state index contributed by atoms with van der Waals surface area (Å²) in [6.45, 7) is 4.80. The lowest BCUT2D eigenvalue weighted by molar-refractivity contribution is -0.138. The number of thiocarbonyl (C=S) groups is 1. The van der Waals surface area contributed by atoms with Gasteiger partial charge in [-0.25, -0.2) is 0 Å². The molecule has 0 saturated heterocycles. The molecule has 0 aliphatic heterocycles. The Morgan fingerprint density at radius 3 is 2.67 bits per heavy atom. The molecule has 0 spiro atoms. The number of carbonyl (C=O) groups excluding carboxylic acids is 1. The lowest BCUT2D eigenvalue weighted by Gasteiger charge is -2.26. The predicted molar refractivity (Wildman–Crippen MR) is 77.0 cm³/mol. The van der Waals surface area contributed by atoms with Gasteiger partial charge in [0.25, 0.3) is 0 Å². The maximum atomic E-state index is 11.4. The minimum atomic E-state index is -0.283. The van der Waals surface area contributed by atoms with Crippen molar-refractivity contribution in [2.45, 2.75) is 13.8 Å². The van der Waals surface area contributed by atoms with Gasteiger partial charge >= 0.3 is 5.97 Å². The third-order valence-electron chi connectivity index (χ3n) is 2.75. The van der Waals surface area contributed by atoms with Gasteiger partial charge in [0.2, 0.25) is 0 Å². The van der Waals surface area contributed by atoms with E-state index in [-0.39, 0.29) is 12.5 Å². The van der Waals surface area contributed by atoms with Crippen LogP contribution in [0, 0.1) is 6.92 Å². The first kappa shape index (κ1) is 14.4. The van der Waals surface area contributed by atoms with Crippen LogP contribution in [0.4, 0.5) is 5.69 Å². The van der Waals surface area contributed by atoms with Gasteiger partial charge in [-0.2, -0.15) is 0 Å². The van der Waals surface area contributed by atoms with E-state index in [9.17, 15) is 4.79 Å². The van der Waals surface area contributed by atoms with Gasteiger partial charge in [-0.15, -0.1) is 0 Å². The molecule has 0 bridgehead atoms. The molecule has 0 aliphatic carbocycles. The summed E-state index contributed by atoms with van der Waals surface area (Å²) in [4.78, 5) is 13.7. The summed E-state index contributed by atoms with van der Waals surface area (Å²) in [6.07, 6.45) is 0. The molecule has 2 N–H and O–H groups in total. The summed E-state index contributed by atoms with van der Waals surface area (Å²) < 4.78 is 4.70. The van der Waals surface area contributed by atoms with Gasteiger partial charge in [0.1, 0.15) is 11.5 Å². The van der Waals surface area contributed by atoms with Crippen molar-refractivity contribution in [3.63, 3.8) is 0 Å². The van der Waals surface area contributed by atoms with Crippen LogP contribution in [0.5, 0.6) is 0 Å². The number of methoxy groups -OCH3 is 1. The smallest absolute Gasteiger partial charge is 0.325 e. The van der Waals surface area contributed by atoms with Crippen LogP contribution >= 0.6 is 12.2 Å². The molecule has 0 saturated carbocycles. The second-order valence-electron chi connectivity index (χ2n) is 3.93. The Balaban J connectivity index is 3.19. The van der Waals surface area contributed by atoms with Crippen LogP contribution in [-0.2, 0) is 9.53 Å². The van der Waals surface area contributed by atoms with Gasteiger partial charge < -0.3 is 15.4 Å². The number of benzene rings is 1. The number of likely N-dealkylation sites (N-methyl/N-ethyl adjacent to an activating group) is 1. The minimum Gasteiger partial charge on any atom is -0.468 e. The highest BCUT2D eigenvalue weighted by molar-refractivity contribution is 7.80. The molecule has 98 valence electrons. The third-order valence-corrected chi connectivity index (χ3v) is 2.97. The third kappa shape index (κ3) is 3.20. The molecule has 1 aromatic carbocycles. The number of esters is 1. The Morgan fingerprint density at radius 2 is 2.17 bits per heavy atom. The fourth-order valence-electron chi connectivity index (χ4n) is 1.85. The monoisotopic (exact) mass is 266 g/mol. The summed E-state index contributed by atoms with van der Waals surface area (Å²) in [5.41, 5.74) is 8.45. The number of nitrogens with zero attached hydrogens (tertiary/aromatic N) is 1. The molecule has 1 rings (SSSR count). The zero-order valence-corrected chi connectivity index (χ0v) is 11.7. The van der Waals surface area contributed by atoms with Crippen molar-refractivity contribution in [2.24, 2.45) is 5.73 Å². The molecule has 0 unspecified atom stereocenters. The van der Waals surface area contributed by atoms with Crippen LogP contribution < -0.4 is 10.6 Å². The second-order valence-corrected chi connectivity index (χ2v) is 4.37. The van der Waals surface area contributed by atoms with Crippen LogP contribution in [0.2, 0.25) is 0 Å². The van der Waals surface area contributed by atoms with Gasteiger partial charge in [-0.1, -0.05) is 24.4 Å². The summed E-state index contributed by atoms with van der Waals surface area (Å²) in [5, 5.41) is 0. The highest BCUT2D eigenvalue weighted by Crippen LogP contribution is 2.25. The van der Waals surface area contributed by atoms with E-state index < -0.39 is 0 Å². The second kappa shape index (κ2) is 6.35. The van der Waals surface area contributed by atoms with E-state index in [1.54, 1.807) is 0 Å². The molecule has 0 fully saturated rings. The molecule has 18 heavy (non-hydrogen) atoms. The average Bonchev–Trinajstić information content (AvgIpc) is 2.35. The summed E-state index contributed by atoms with van der Waals surface area (Å²) in [5.74, 6) is -0.283. The quantitative estimate of drug-likeness (QED) is 0.648. The van der Waals surface area contributed by atoms with Crippen molar-refractivity contribution < 1.29 is 9.53 Å². The van der Waals surface area contributed by atoms with E-state index >= 15 is 0 Å². The van der Waals surface area contributed by atoms with E-state index in [2.05, 4.69) is 0 Å². The molecular formula is C13H18N2O2S. The maximum Gasteiger partial charge on any atom is 0.325 e. The highest BCUT2D eigenvalue weighted by Gasteiger charge is 2.17. The zero-order valence-electron chi connectivity index (χ0n) is 10.9. The number of nitrogens with two attached hydrogens (primary N) is 1. The molecular weight excluding hydrogens is 248 g/mol. The average molecular weight is 266 g/mol. The lowest BCUT2D eigenvalue weighted by Crippen LogP contribution is -2.32. The predicted octanol–water partition coefficient (Wildman–Crippen LogP) is 1.63. The summed E-state index contributed by atoms with van der Waals surface area (Å²) in [6, 6.07) is 5.74. The molecule has 0 amide bonds. The van der Waals surface area contributed by atoms with Crippen molar-refractivity contribution >= 4 is 28.9 Å². The van der Waals surface area contributed by atoms with E-state index in [1.165, 1.54) is 7.11 Å². The van der Waals surface area contributed by atoms with Crippen molar-refractivity contribution in [3.05, 3.63) is 29.3 Å². The molecule has 4 nitrogen and oxygen atoms in total. The highest BCUT2D eigenvalue weighted by atomic mass is 32.1. The Bertz CT molecular complexity index is 460. The molecule has 0 radical (unpaired) electrons. The van der Waals surface area contributed by atoms with Gasteiger partial charge in [0.05, 0.1) is 12.8 Å². The number of aryl methyl sites for hydroxylation is 1. The Kier molecular flexibility index (Phi) is 5.09. The number of hydrogen-bond acceptors (Lipinski definition) is 4. The largest absolute Gasteiger partial charge is 0.468 e. The van der Waals surface area contributed by atoms with E-state index in [4.69, 9.17) is 22.7 Å². The number of para-hydroxylation sites is 1. The van der Waals surface area contributed by atoms with Gasteiger partial charge in [-0.05, 0) is 25.5 Å². The van der Waals surface area contributed by atoms with Crippen LogP contribution in [0.25, 0.3) is 0 Å². The van der Waals surface area contributed by atoms with Crippen molar-refractivity contribution in [1.29, 1.82) is 0 Å². The fraction of sp³-hybridized carbons (Fsp3) is 0.385. The molecule has 1 aromatic rings. The van der Waals surface area contributed by atoms with E-state index in [1.807, 2.05) is 36.9 Å². The molecule has 0 heterocycles. The summed E-state index contributed by atoms with van der Waals surface area (Å²) >= 11 is 5.05. The molecule has 0 aliphatic rings. The van der Waals surface area contributed by atoms with Gasteiger partial charge in [-0.3, -0.25) is 4.79 Å². The molecule has 0 atom stereocenters. The van der Waals surface area contributed by atoms with E-state index in [0.717, 1.165) is 16.8 Å². The topological polar surface area (TPSA) is 55.6 Å². The van der Waals surface area contributed by atoms with Crippen molar-refractivity contribution in [2.75, 3.05) is 25.1 Å². The van der Waals surface area contributed by atoms with Crippen molar-refractivity contribution in [3.8, 4) is 0 Å². The Morgan fingerprint density at radius 1 is 1.50 bits per heavy atom. The number of anilines is 1. The van der Waals surface area contributed by atoms with E-state index in [0.29, 0.717) is 11.5 Å². The van der Waals surface area contributed by atoms with Crippen LogP contribution in [0.1, 0.15) is 18.1 Å². The minimum absolute atomic E-state index is 0.188. The first-order valence-electron chi connectivity index (χ1n) is 5.72. The van der Waals surface area contributed by atoms with Gasteiger partial charge in [0, 0.05) is 12.1 Å². The Hall–Kier alpha value is -1.62. The van der Waals surface area contributed by atoms with Crippen LogP contribution in [-0.4, -0.2) is 31.2 Å². The van der Waals surface area contributed by atoms with Gasteiger partial charge in [0.15, 0.2) is 0 Å². The molecule has 5 heteroatoms. The Labute approximate surface area is 113 Å². The normalized spacial score (nSPS) is 9.94. The number of rotatable bonds is 5. The molecule has 0 aromatic heterocycles. The fourth-order valence-corrected chi connectivity index (χ4v) is 2.01. The van der Waals surface area contributed by atoms with Crippen LogP contribution in [0.15, 0.2) is 18.2 Å². The first-order valence-corrected chi connectivity index (χ1v) is 6.13. The summed E-state index contributed by atoms with van der Waals surface area (Å²) in [7, 11) is 1.38. The standard InChI is InChI=1S/C13H18N2O2S/c1-4-15(8-11(16)17-3)12-9(2)6-5-7-10(12)13(14)18/h5-7H,4,8H2,1-3H3,(H2,14,18). The van der Waals surface area contributed by atoms with Crippen LogP contribution in [0.3, 0.4) is 0 Å². The lowest BCUT2D eigenvalue weighted by atomic mass is 10.1. The number of ether oxygens (including phenoxy) is 1. The number of carbonyl (C=O) groups is 1.